The molecule has 1 aromatic heterocycles. The molecule has 3 aromatic rings. The summed E-state index contributed by atoms with van der Waals surface area (Å²) < 4.78 is 6.77. The van der Waals surface area contributed by atoms with Gasteiger partial charge in [-0.25, -0.2) is 4.68 Å². The van der Waals surface area contributed by atoms with Gasteiger partial charge in [-0.2, -0.15) is 0 Å². The molecule has 1 amide bonds. The molecule has 0 fully saturated rings. The predicted molar refractivity (Wildman–Crippen MR) is 110 cm³/mol. The zero-order valence-electron chi connectivity index (χ0n) is 15.5. The molecule has 0 saturated heterocycles. The predicted octanol–water partition coefficient (Wildman–Crippen LogP) is 2.74. The van der Waals surface area contributed by atoms with Crippen LogP contribution in [-0.2, 0) is 11.2 Å². The summed E-state index contributed by atoms with van der Waals surface area (Å²) in [5.41, 5.74) is 2.97. The van der Waals surface area contributed by atoms with Gasteiger partial charge in [0, 0.05) is 12.2 Å². The van der Waals surface area contributed by atoms with E-state index in [2.05, 4.69) is 16.3 Å². The van der Waals surface area contributed by atoms with E-state index in [0.717, 1.165) is 30.6 Å². The summed E-state index contributed by atoms with van der Waals surface area (Å²) in [7, 11) is 1.60. The van der Waals surface area contributed by atoms with E-state index in [-0.39, 0.29) is 11.7 Å². The molecule has 0 unspecified atom stereocenters. The summed E-state index contributed by atoms with van der Waals surface area (Å²) in [4.78, 5) is 14.7. The Balaban J connectivity index is 1.49. The van der Waals surface area contributed by atoms with Gasteiger partial charge >= 0.3 is 0 Å². The fourth-order valence-corrected chi connectivity index (χ4v) is 4.12. The van der Waals surface area contributed by atoms with Crippen LogP contribution in [0.1, 0.15) is 12.0 Å². The molecule has 2 aromatic carbocycles. The maximum absolute atomic E-state index is 12.8. The first-order valence-corrected chi connectivity index (χ1v) is 10.0. The van der Waals surface area contributed by atoms with Crippen molar-refractivity contribution in [2.24, 2.45) is 0 Å². The first kappa shape index (κ1) is 18.4. The highest BCUT2D eigenvalue weighted by molar-refractivity contribution is 7.99. The fraction of sp³-hybridized carbons (Fsp3) is 0.250. The van der Waals surface area contributed by atoms with Crippen molar-refractivity contribution in [1.82, 2.24) is 14.9 Å². The molecule has 2 N–H and O–H groups in total. The van der Waals surface area contributed by atoms with Crippen molar-refractivity contribution in [3.63, 3.8) is 0 Å². The minimum atomic E-state index is 0.0407. The Morgan fingerprint density at radius 2 is 1.96 bits per heavy atom. The summed E-state index contributed by atoms with van der Waals surface area (Å²) in [6.07, 6.45) is 1.98. The molecule has 0 spiro atoms. The largest absolute Gasteiger partial charge is 0.496 e. The quantitative estimate of drug-likeness (QED) is 0.528. The first-order valence-electron chi connectivity index (χ1n) is 9.04. The highest BCUT2D eigenvalue weighted by Crippen LogP contribution is 2.30. The number of nitrogens with zero attached hydrogens (tertiary/aromatic N) is 4. The van der Waals surface area contributed by atoms with Crippen molar-refractivity contribution >= 4 is 23.4 Å². The second-order valence-electron chi connectivity index (χ2n) is 6.44. The fourth-order valence-electron chi connectivity index (χ4n) is 3.39. The van der Waals surface area contributed by atoms with Gasteiger partial charge in [-0.3, -0.25) is 4.79 Å². The number of fused-ring (bicyclic) bond motifs is 1. The van der Waals surface area contributed by atoms with E-state index in [9.17, 15) is 4.79 Å². The topological polar surface area (TPSA) is 86.3 Å². The van der Waals surface area contributed by atoms with Gasteiger partial charge in [0.25, 0.3) is 0 Å². The number of benzene rings is 2. The van der Waals surface area contributed by atoms with Crippen molar-refractivity contribution in [2.45, 2.75) is 18.0 Å². The minimum Gasteiger partial charge on any atom is -0.496 e. The van der Waals surface area contributed by atoms with Crippen LogP contribution in [0.2, 0.25) is 0 Å². The summed E-state index contributed by atoms with van der Waals surface area (Å²) in [6, 6.07) is 15.5. The third-order valence-corrected chi connectivity index (χ3v) is 5.68. The molecule has 0 saturated carbocycles. The zero-order valence-corrected chi connectivity index (χ0v) is 16.4. The Morgan fingerprint density at radius 3 is 2.82 bits per heavy atom. The molecule has 0 aliphatic carbocycles. The number of nitrogens with two attached hydrogens (primary N) is 1. The van der Waals surface area contributed by atoms with E-state index in [1.54, 1.807) is 7.11 Å². The molecule has 0 atom stereocenters. The van der Waals surface area contributed by atoms with Gasteiger partial charge in [0.15, 0.2) is 5.82 Å². The van der Waals surface area contributed by atoms with Crippen molar-refractivity contribution in [3.05, 3.63) is 54.1 Å². The van der Waals surface area contributed by atoms with Gasteiger partial charge in [-0.1, -0.05) is 42.1 Å². The number of methoxy groups -OCH3 is 1. The van der Waals surface area contributed by atoms with Gasteiger partial charge in [0.2, 0.25) is 11.1 Å². The number of hydrogen-bond donors (Lipinski definition) is 1. The number of carbonyl (C=O) groups is 1. The van der Waals surface area contributed by atoms with Crippen LogP contribution < -0.4 is 15.5 Å². The maximum Gasteiger partial charge on any atom is 0.237 e. The third kappa shape index (κ3) is 3.43. The third-order valence-electron chi connectivity index (χ3n) is 4.75. The smallest absolute Gasteiger partial charge is 0.237 e. The van der Waals surface area contributed by atoms with Crippen LogP contribution in [0, 0.1) is 0 Å². The minimum absolute atomic E-state index is 0.0407. The van der Waals surface area contributed by atoms with Crippen LogP contribution in [0.25, 0.3) is 11.4 Å². The lowest BCUT2D eigenvalue weighted by Crippen LogP contribution is -2.36. The number of hydrogen-bond acceptors (Lipinski definition) is 6. The molecule has 2 heterocycles. The summed E-state index contributed by atoms with van der Waals surface area (Å²) in [5.74, 6) is 7.64. The molecule has 0 bridgehead atoms. The van der Waals surface area contributed by atoms with E-state index in [1.807, 2.05) is 47.4 Å². The molecular formula is C20H21N5O2S. The van der Waals surface area contributed by atoms with E-state index >= 15 is 0 Å². The summed E-state index contributed by atoms with van der Waals surface area (Å²) in [5, 5.41) is 8.82. The summed E-state index contributed by atoms with van der Waals surface area (Å²) >= 11 is 1.28. The Bertz CT molecular complexity index is 1000. The second-order valence-corrected chi connectivity index (χ2v) is 7.39. The number of ether oxygens (including phenoxy) is 1. The monoisotopic (exact) mass is 395 g/mol. The number of nitrogen functional groups attached to an aromatic ring is 1. The van der Waals surface area contributed by atoms with Gasteiger partial charge in [0.05, 0.1) is 18.4 Å². The molecule has 144 valence electrons. The Labute approximate surface area is 167 Å². The zero-order chi connectivity index (χ0) is 19.5. The molecule has 28 heavy (non-hydrogen) atoms. The average molecular weight is 395 g/mol. The van der Waals surface area contributed by atoms with Gasteiger partial charge < -0.3 is 15.5 Å². The molecule has 0 radical (unpaired) electrons. The molecular weight excluding hydrogens is 374 g/mol. The number of para-hydroxylation sites is 2. The van der Waals surface area contributed by atoms with Crippen molar-refractivity contribution in [2.75, 3.05) is 30.1 Å². The van der Waals surface area contributed by atoms with E-state index in [1.165, 1.54) is 22.0 Å². The van der Waals surface area contributed by atoms with E-state index in [0.29, 0.717) is 16.7 Å². The number of anilines is 1. The average Bonchev–Trinajstić information content (AvgIpc) is 3.11. The normalized spacial score (nSPS) is 13.2. The number of carbonyl (C=O) groups excluding carboxylic acids is 1. The van der Waals surface area contributed by atoms with E-state index < -0.39 is 0 Å². The Hall–Kier alpha value is -3.00. The van der Waals surface area contributed by atoms with Crippen LogP contribution >= 0.6 is 11.8 Å². The molecule has 1 aliphatic heterocycles. The highest BCUT2D eigenvalue weighted by atomic mass is 32.2. The van der Waals surface area contributed by atoms with Crippen molar-refractivity contribution in [1.29, 1.82) is 0 Å². The summed E-state index contributed by atoms with van der Waals surface area (Å²) in [6.45, 7) is 0.734. The van der Waals surface area contributed by atoms with E-state index in [4.69, 9.17) is 10.6 Å². The van der Waals surface area contributed by atoms with Crippen LogP contribution in [0.4, 0.5) is 5.69 Å². The van der Waals surface area contributed by atoms with Gasteiger partial charge in [-0.15, -0.1) is 10.2 Å². The van der Waals surface area contributed by atoms with Crippen LogP contribution in [0.15, 0.2) is 53.7 Å². The molecule has 7 nitrogen and oxygen atoms in total. The lowest BCUT2D eigenvalue weighted by Gasteiger charge is -2.29. The number of thioether (sulfide) groups is 1. The number of rotatable bonds is 5. The maximum atomic E-state index is 12.8. The Morgan fingerprint density at radius 1 is 1.18 bits per heavy atom. The van der Waals surface area contributed by atoms with Gasteiger partial charge in [-0.05, 0) is 36.6 Å². The van der Waals surface area contributed by atoms with Crippen molar-refractivity contribution in [3.8, 4) is 17.1 Å². The number of aromatic nitrogens is 3. The first-order chi connectivity index (χ1) is 13.7. The lowest BCUT2D eigenvalue weighted by molar-refractivity contribution is -0.116. The van der Waals surface area contributed by atoms with Crippen LogP contribution in [0.5, 0.6) is 5.75 Å². The van der Waals surface area contributed by atoms with Crippen molar-refractivity contribution < 1.29 is 9.53 Å². The number of amides is 1. The molecule has 4 rings (SSSR count). The molecule has 1 aliphatic rings. The number of aryl methyl sites for hydroxylation is 1. The Kier molecular flexibility index (Phi) is 5.21. The lowest BCUT2D eigenvalue weighted by atomic mass is 10.0. The van der Waals surface area contributed by atoms with Crippen LogP contribution in [-0.4, -0.2) is 40.2 Å². The molecule has 8 heteroatoms. The van der Waals surface area contributed by atoms with Crippen LogP contribution in [0.3, 0.4) is 0 Å². The SMILES string of the molecule is COc1ccccc1-c1nnc(SCC(=O)N2CCCc3ccccc32)n1N. The second kappa shape index (κ2) is 7.93. The van der Waals surface area contributed by atoms with Gasteiger partial charge in [0.1, 0.15) is 5.75 Å². The highest BCUT2D eigenvalue weighted by Gasteiger charge is 2.23. The standard InChI is InChI=1S/C20H21N5O2S/c1-27-17-11-5-3-9-15(17)19-22-23-20(25(19)21)28-13-18(26)24-12-6-8-14-7-2-4-10-16(14)24/h2-5,7,9-11H,6,8,12-13,21H2,1H3.